The van der Waals surface area contributed by atoms with E-state index < -0.39 is 64.4 Å². The molecular formula is C9H14F6N2O6S3. The zero-order valence-electron chi connectivity index (χ0n) is 12.8. The molecule has 0 aromatic heterocycles. The third kappa shape index (κ3) is 3.81. The molecule has 0 radical (unpaired) electrons. The van der Waals surface area contributed by atoms with E-state index in [1.807, 2.05) is 0 Å². The highest BCUT2D eigenvalue weighted by molar-refractivity contribution is 8.05. The third-order valence-corrected chi connectivity index (χ3v) is 8.75. The van der Waals surface area contributed by atoms with Crippen molar-refractivity contribution in [2.45, 2.75) is 34.5 Å². The molecule has 1 heterocycles. The monoisotopic (exact) mass is 456 g/mol. The van der Waals surface area contributed by atoms with Crippen LogP contribution in [0.5, 0.6) is 0 Å². The van der Waals surface area contributed by atoms with Crippen molar-refractivity contribution in [3.63, 3.8) is 0 Å². The van der Waals surface area contributed by atoms with Crippen LogP contribution in [-0.2, 0) is 29.9 Å². The molecule has 0 aromatic carbocycles. The predicted molar refractivity (Wildman–Crippen MR) is 76.6 cm³/mol. The molecule has 1 saturated heterocycles. The molecule has 17 heteroatoms. The summed E-state index contributed by atoms with van der Waals surface area (Å²) in [7, 11) is -18.3. The molecule has 0 aromatic rings. The van der Waals surface area contributed by atoms with Gasteiger partial charge in [0.25, 0.3) is 10.0 Å². The Balaban J connectivity index is 3.44. The van der Waals surface area contributed by atoms with Gasteiger partial charge in [0.2, 0.25) is 19.9 Å². The Morgan fingerprint density at radius 3 is 1.65 bits per heavy atom. The lowest BCUT2D eigenvalue weighted by molar-refractivity contribution is -0.244. The molecule has 8 nitrogen and oxygen atoms in total. The Morgan fingerprint density at radius 1 is 0.846 bits per heavy atom. The summed E-state index contributed by atoms with van der Waals surface area (Å²) in [6.45, 7) is -0.342. The average Bonchev–Trinajstić information content (AvgIpc) is 2.44. The predicted octanol–water partition coefficient (Wildman–Crippen LogP) is -0.147. The minimum absolute atomic E-state index is 0.0112. The van der Waals surface area contributed by atoms with Crippen LogP contribution in [0.25, 0.3) is 0 Å². The summed E-state index contributed by atoms with van der Waals surface area (Å²) in [6.07, 6.45) is -1.19. The van der Waals surface area contributed by atoms with Gasteiger partial charge in [-0.05, 0) is 25.9 Å². The van der Waals surface area contributed by atoms with Crippen LogP contribution in [0.1, 0.15) is 12.8 Å². The molecule has 1 aliphatic rings. The molecule has 0 unspecified atom stereocenters. The Kier molecular flexibility index (Phi) is 6.07. The summed E-state index contributed by atoms with van der Waals surface area (Å²) >= 11 is 0. The SMILES string of the molecule is CS(=O)(=O)NS(=O)(=O)C(F)(F)C(F)(F)C(F)(F)S(=O)(=O)C1CCNCC1. The Labute approximate surface area is 145 Å². The van der Waals surface area contributed by atoms with Gasteiger partial charge < -0.3 is 5.32 Å². The van der Waals surface area contributed by atoms with E-state index in [0.29, 0.717) is 0 Å². The number of hydrogen-bond donors (Lipinski definition) is 2. The van der Waals surface area contributed by atoms with Crippen LogP contribution in [0.3, 0.4) is 0 Å². The van der Waals surface area contributed by atoms with E-state index in [4.69, 9.17) is 0 Å². The van der Waals surface area contributed by atoms with Crippen LogP contribution in [-0.4, -0.2) is 66.3 Å². The van der Waals surface area contributed by atoms with Crippen molar-refractivity contribution in [3.05, 3.63) is 0 Å². The molecule has 26 heavy (non-hydrogen) atoms. The van der Waals surface area contributed by atoms with Crippen LogP contribution in [0, 0.1) is 0 Å². The number of nitrogens with one attached hydrogen (secondary N) is 2. The first-order valence-electron chi connectivity index (χ1n) is 6.62. The molecule has 156 valence electrons. The lowest BCUT2D eigenvalue weighted by Crippen LogP contribution is -2.64. The van der Waals surface area contributed by atoms with Gasteiger partial charge in [-0.25, -0.2) is 25.3 Å². The van der Waals surface area contributed by atoms with E-state index in [0.717, 1.165) is 0 Å². The number of piperidine rings is 1. The van der Waals surface area contributed by atoms with Crippen molar-refractivity contribution in [2.24, 2.45) is 0 Å². The second-order valence-corrected chi connectivity index (χ2v) is 11.5. The molecule has 0 bridgehead atoms. The Bertz CT molecular complexity index is 848. The highest BCUT2D eigenvalue weighted by atomic mass is 32.3. The summed E-state index contributed by atoms with van der Waals surface area (Å²) in [5.74, 6) is -6.96. The molecule has 0 spiro atoms. The maximum atomic E-state index is 13.9. The number of halogens is 6. The van der Waals surface area contributed by atoms with Crippen LogP contribution >= 0.6 is 0 Å². The number of alkyl halides is 6. The van der Waals surface area contributed by atoms with Crippen LogP contribution in [0.15, 0.2) is 0 Å². The number of sulfone groups is 1. The fourth-order valence-electron chi connectivity index (χ4n) is 2.08. The zero-order valence-corrected chi connectivity index (χ0v) is 15.3. The summed E-state index contributed by atoms with van der Waals surface area (Å²) in [4.78, 5) is 0. The van der Waals surface area contributed by atoms with Gasteiger partial charge in [0, 0.05) is 0 Å². The number of hydrogen-bond acceptors (Lipinski definition) is 7. The first kappa shape index (κ1) is 23.4. The van der Waals surface area contributed by atoms with Gasteiger partial charge in [0.15, 0.2) is 0 Å². The van der Waals surface area contributed by atoms with Crippen molar-refractivity contribution in [2.75, 3.05) is 19.3 Å². The largest absolute Gasteiger partial charge is 0.429 e. The maximum Gasteiger partial charge on any atom is 0.429 e. The molecule has 0 amide bonds. The fourth-order valence-corrected chi connectivity index (χ4v) is 6.39. The number of sulfonamides is 2. The summed E-state index contributed by atoms with van der Waals surface area (Å²) in [5, 5.41) is -12.8. The van der Waals surface area contributed by atoms with E-state index in [2.05, 4.69) is 5.32 Å². The molecule has 0 atom stereocenters. The van der Waals surface area contributed by atoms with Crippen molar-refractivity contribution in [1.82, 2.24) is 9.44 Å². The summed E-state index contributed by atoms with van der Waals surface area (Å²) in [5.41, 5.74) is 0. The molecule has 0 aliphatic carbocycles. The van der Waals surface area contributed by atoms with Gasteiger partial charge in [-0.15, -0.1) is 4.13 Å². The zero-order chi connectivity index (χ0) is 20.8. The van der Waals surface area contributed by atoms with Crippen LogP contribution < -0.4 is 9.44 Å². The second-order valence-electron chi connectivity index (χ2n) is 5.46. The van der Waals surface area contributed by atoms with E-state index in [1.54, 1.807) is 0 Å². The normalized spacial score (nSPS) is 19.5. The topological polar surface area (TPSA) is 126 Å². The van der Waals surface area contributed by atoms with E-state index in [-0.39, 0.29) is 23.5 Å². The lowest BCUT2D eigenvalue weighted by Gasteiger charge is -2.34. The van der Waals surface area contributed by atoms with Gasteiger partial charge in [0.1, 0.15) is 0 Å². The van der Waals surface area contributed by atoms with Crippen LogP contribution in [0.2, 0.25) is 0 Å². The summed E-state index contributed by atoms with van der Waals surface area (Å²) < 4.78 is 150. The first-order chi connectivity index (χ1) is 11.3. The molecule has 1 rings (SSSR count). The van der Waals surface area contributed by atoms with Gasteiger partial charge in [0.05, 0.1) is 11.5 Å². The molecule has 1 aliphatic heterocycles. The molecule has 0 saturated carbocycles. The average molecular weight is 456 g/mol. The molecule has 2 N–H and O–H groups in total. The third-order valence-electron chi connectivity index (χ3n) is 3.41. The van der Waals surface area contributed by atoms with Gasteiger partial charge in [-0.3, -0.25) is 0 Å². The standard InChI is InChI=1S/C9H14F6N2O6S3/c1-24(18,19)17-26(22,23)9(14,15)7(10,11)8(12,13)25(20,21)6-2-4-16-5-3-6/h6,16-17H,2-5H2,1H3. The van der Waals surface area contributed by atoms with Crippen molar-refractivity contribution >= 4 is 29.9 Å². The number of rotatable bonds is 7. The second kappa shape index (κ2) is 6.75. The van der Waals surface area contributed by atoms with Gasteiger partial charge in [-0.1, -0.05) is 0 Å². The van der Waals surface area contributed by atoms with Gasteiger partial charge in [-0.2, -0.15) is 26.3 Å². The highest BCUT2D eigenvalue weighted by Gasteiger charge is 2.82. The van der Waals surface area contributed by atoms with Gasteiger partial charge >= 0.3 is 16.4 Å². The quantitative estimate of drug-likeness (QED) is 0.511. The van der Waals surface area contributed by atoms with Crippen molar-refractivity contribution in [1.29, 1.82) is 0 Å². The Morgan fingerprint density at radius 2 is 1.27 bits per heavy atom. The lowest BCUT2D eigenvalue weighted by atomic mass is 10.2. The summed E-state index contributed by atoms with van der Waals surface area (Å²) in [6, 6.07) is 0. The Hall–Kier alpha value is -0.650. The highest BCUT2D eigenvalue weighted by Crippen LogP contribution is 2.52. The van der Waals surface area contributed by atoms with Crippen molar-refractivity contribution in [3.8, 4) is 0 Å². The minimum Gasteiger partial charge on any atom is -0.317 e. The fraction of sp³-hybridized carbons (Fsp3) is 1.00. The molecule has 1 fully saturated rings. The van der Waals surface area contributed by atoms with E-state index in [9.17, 15) is 51.6 Å². The van der Waals surface area contributed by atoms with E-state index in [1.165, 1.54) is 0 Å². The van der Waals surface area contributed by atoms with E-state index >= 15 is 0 Å². The minimum atomic E-state index is -6.96. The van der Waals surface area contributed by atoms with Crippen LogP contribution in [0.4, 0.5) is 26.3 Å². The molecular weight excluding hydrogens is 442 g/mol. The first-order valence-corrected chi connectivity index (χ1v) is 11.5. The maximum absolute atomic E-state index is 13.9. The smallest absolute Gasteiger partial charge is 0.317 e. The van der Waals surface area contributed by atoms with Crippen molar-refractivity contribution < 1.29 is 51.6 Å².